The van der Waals surface area contributed by atoms with E-state index in [2.05, 4.69) is 42.2 Å². The van der Waals surface area contributed by atoms with Crippen molar-refractivity contribution in [3.05, 3.63) is 52.8 Å². The highest BCUT2D eigenvalue weighted by Crippen LogP contribution is 2.38. The van der Waals surface area contributed by atoms with Crippen LogP contribution in [0.3, 0.4) is 0 Å². The first-order chi connectivity index (χ1) is 13.5. The molecule has 0 aliphatic heterocycles. The van der Waals surface area contributed by atoms with Crippen LogP contribution in [0.2, 0.25) is 0 Å². The predicted molar refractivity (Wildman–Crippen MR) is 109 cm³/mol. The first-order valence-corrected chi connectivity index (χ1v) is 10.2. The van der Waals surface area contributed by atoms with E-state index in [9.17, 15) is 0 Å². The van der Waals surface area contributed by atoms with E-state index in [0.717, 1.165) is 49.7 Å². The molecule has 0 spiro atoms. The Bertz CT molecular complexity index is 1040. The van der Waals surface area contributed by atoms with E-state index in [4.69, 9.17) is 15.2 Å². The third-order valence-electron chi connectivity index (χ3n) is 6.25. The van der Waals surface area contributed by atoms with Gasteiger partial charge in [-0.3, -0.25) is 4.98 Å². The number of hydrogen-bond acceptors (Lipinski definition) is 5. The molecule has 1 unspecified atom stereocenters. The Balaban J connectivity index is 1.48. The fraction of sp³-hybridized carbons (Fsp3) is 0.435. The van der Waals surface area contributed by atoms with Gasteiger partial charge in [0.2, 0.25) is 5.82 Å². The number of aryl methyl sites for hydroxylation is 1. The number of aromatic nitrogens is 3. The van der Waals surface area contributed by atoms with Crippen molar-refractivity contribution >= 4 is 0 Å². The zero-order valence-electron chi connectivity index (χ0n) is 16.5. The second-order valence-electron chi connectivity index (χ2n) is 9.08. The van der Waals surface area contributed by atoms with Crippen molar-refractivity contribution in [1.29, 1.82) is 0 Å². The Morgan fingerprint density at radius 2 is 2.00 bits per heavy atom. The molecule has 2 heterocycles. The highest BCUT2D eigenvalue weighted by Gasteiger charge is 2.28. The lowest BCUT2D eigenvalue weighted by Crippen LogP contribution is -2.27. The van der Waals surface area contributed by atoms with Crippen LogP contribution in [0.4, 0.5) is 0 Å². The summed E-state index contributed by atoms with van der Waals surface area (Å²) in [6.45, 7) is 4.63. The molecule has 2 N–H and O–H groups in total. The lowest BCUT2D eigenvalue weighted by molar-refractivity contribution is 0.314. The normalized spacial score (nSPS) is 20.5. The number of nitrogens with zero attached hydrogens (tertiary/aromatic N) is 3. The van der Waals surface area contributed by atoms with Gasteiger partial charge < -0.3 is 10.3 Å². The molecule has 0 saturated heterocycles. The summed E-state index contributed by atoms with van der Waals surface area (Å²) in [5.41, 5.74) is 13.7. The Morgan fingerprint density at radius 3 is 2.89 bits per heavy atom. The van der Waals surface area contributed by atoms with Crippen molar-refractivity contribution in [3.8, 4) is 22.8 Å². The fourth-order valence-corrected chi connectivity index (χ4v) is 4.60. The van der Waals surface area contributed by atoms with Gasteiger partial charge >= 0.3 is 0 Å². The molecule has 2 aliphatic carbocycles. The van der Waals surface area contributed by atoms with Crippen LogP contribution < -0.4 is 5.73 Å². The van der Waals surface area contributed by atoms with Crippen LogP contribution in [0, 0.1) is 5.41 Å². The molecule has 5 nitrogen and oxygen atoms in total. The molecular formula is C23H26N4O. The average Bonchev–Trinajstić information content (AvgIpc) is 3.16. The van der Waals surface area contributed by atoms with E-state index in [1.807, 2.05) is 12.4 Å². The summed E-state index contributed by atoms with van der Waals surface area (Å²) < 4.78 is 5.66. The molecule has 5 heteroatoms. The van der Waals surface area contributed by atoms with Crippen LogP contribution >= 0.6 is 0 Å². The Hall–Kier alpha value is -2.53. The lowest BCUT2D eigenvalue weighted by Gasteiger charge is -2.31. The van der Waals surface area contributed by atoms with Gasteiger partial charge in [-0.1, -0.05) is 31.1 Å². The third kappa shape index (κ3) is 3.14. The van der Waals surface area contributed by atoms with E-state index < -0.39 is 0 Å². The molecule has 28 heavy (non-hydrogen) atoms. The van der Waals surface area contributed by atoms with E-state index in [1.165, 1.54) is 22.3 Å². The summed E-state index contributed by atoms with van der Waals surface area (Å²) in [7, 11) is 0. The molecular weight excluding hydrogens is 348 g/mol. The molecule has 3 aromatic rings. The molecule has 0 saturated carbocycles. The molecule has 0 radical (unpaired) electrons. The number of fused-ring (bicyclic) bond motifs is 2. The lowest BCUT2D eigenvalue weighted by atomic mass is 9.74. The standard InChI is InChI=1S/C23H26N4O/c1-23(2)8-7-19-17(11-23)12-25-13-20(19)22-26-21(27-28-22)16-4-3-15-10-18(24)6-5-14(15)9-16/h3-4,9,12-13,18H,5-8,10-11,24H2,1-2H3. The summed E-state index contributed by atoms with van der Waals surface area (Å²) in [5.74, 6) is 1.21. The average molecular weight is 374 g/mol. The SMILES string of the molecule is CC1(C)CCc2c(cncc2-c2nc(-c3ccc4c(c3)CCC(N)C4)no2)C1. The van der Waals surface area contributed by atoms with Gasteiger partial charge in [-0.2, -0.15) is 4.98 Å². The second kappa shape index (κ2) is 6.52. The van der Waals surface area contributed by atoms with Gasteiger partial charge in [0.25, 0.3) is 5.89 Å². The summed E-state index contributed by atoms with van der Waals surface area (Å²) in [5, 5.41) is 4.27. The molecule has 1 atom stereocenters. The van der Waals surface area contributed by atoms with Gasteiger partial charge in [0.15, 0.2) is 0 Å². The summed E-state index contributed by atoms with van der Waals surface area (Å²) in [4.78, 5) is 9.16. The van der Waals surface area contributed by atoms with E-state index in [-0.39, 0.29) is 6.04 Å². The molecule has 0 fully saturated rings. The summed E-state index contributed by atoms with van der Waals surface area (Å²) in [6.07, 6.45) is 10.1. The van der Waals surface area contributed by atoms with Crippen LogP contribution in [-0.4, -0.2) is 21.2 Å². The molecule has 2 aromatic heterocycles. The molecule has 2 aliphatic rings. The quantitative estimate of drug-likeness (QED) is 0.730. The number of pyridine rings is 1. The van der Waals surface area contributed by atoms with Gasteiger partial charge in [-0.15, -0.1) is 0 Å². The van der Waals surface area contributed by atoms with E-state index in [0.29, 0.717) is 17.1 Å². The van der Waals surface area contributed by atoms with Crippen LogP contribution in [-0.2, 0) is 25.7 Å². The molecule has 0 bridgehead atoms. The maximum atomic E-state index is 6.09. The van der Waals surface area contributed by atoms with Gasteiger partial charge in [0.05, 0.1) is 5.56 Å². The van der Waals surface area contributed by atoms with E-state index in [1.54, 1.807) is 0 Å². The third-order valence-corrected chi connectivity index (χ3v) is 6.25. The zero-order chi connectivity index (χ0) is 19.3. The number of nitrogens with two attached hydrogens (primary N) is 1. The Kier molecular flexibility index (Phi) is 4.09. The van der Waals surface area contributed by atoms with Gasteiger partial charge in [0, 0.05) is 24.0 Å². The van der Waals surface area contributed by atoms with Crippen LogP contribution in [0.25, 0.3) is 22.8 Å². The van der Waals surface area contributed by atoms with E-state index >= 15 is 0 Å². The van der Waals surface area contributed by atoms with Crippen LogP contribution in [0.5, 0.6) is 0 Å². The minimum atomic E-state index is 0.275. The van der Waals surface area contributed by atoms with Gasteiger partial charge in [0.1, 0.15) is 0 Å². The smallest absolute Gasteiger partial charge is 0.260 e. The second-order valence-corrected chi connectivity index (χ2v) is 9.08. The predicted octanol–water partition coefficient (Wildman–Crippen LogP) is 4.13. The number of rotatable bonds is 2. The first kappa shape index (κ1) is 17.6. The topological polar surface area (TPSA) is 77.8 Å². The highest BCUT2D eigenvalue weighted by atomic mass is 16.5. The fourth-order valence-electron chi connectivity index (χ4n) is 4.60. The zero-order valence-corrected chi connectivity index (χ0v) is 16.5. The Labute approximate surface area is 165 Å². The van der Waals surface area contributed by atoms with Crippen LogP contribution in [0.1, 0.15) is 48.9 Å². The highest BCUT2D eigenvalue weighted by molar-refractivity contribution is 5.64. The maximum Gasteiger partial charge on any atom is 0.260 e. The molecule has 1 aromatic carbocycles. The Morgan fingerprint density at radius 1 is 1.11 bits per heavy atom. The summed E-state index contributed by atoms with van der Waals surface area (Å²) >= 11 is 0. The minimum absolute atomic E-state index is 0.275. The van der Waals surface area contributed by atoms with Crippen molar-refractivity contribution in [2.45, 2.75) is 58.4 Å². The maximum absolute atomic E-state index is 6.09. The molecule has 144 valence electrons. The molecule has 5 rings (SSSR count). The number of hydrogen-bond donors (Lipinski definition) is 1. The summed E-state index contributed by atoms with van der Waals surface area (Å²) in [6, 6.07) is 6.70. The monoisotopic (exact) mass is 374 g/mol. The van der Waals surface area contributed by atoms with Crippen molar-refractivity contribution in [3.63, 3.8) is 0 Å². The van der Waals surface area contributed by atoms with Gasteiger partial charge in [-0.05, 0) is 72.3 Å². The van der Waals surface area contributed by atoms with Crippen LogP contribution in [0.15, 0.2) is 35.1 Å². The largest absolute Gasteiger partial charge is 0.334 e. The van der Waals surface area contributed by atoms with Crippen molar-refractivity contribution in [2.75, 3.05) is 0 Å². The molecule has 0 amide bonds. The first-order valence-electron chi connectivity index (χ1n) is 10.2. The number of benzene rings is 1. The van der Waals surface area contributed by atoms with Crippen molar-refractivity contribution in [1.82, 2.24) is 15.1 Å². The van der Waals surface area contributed by atoms with Gasteiger partial charge in [-0.25, -0.2) is 0 Å². The minimum Gasteiger partial charge on any atom is -0.334 e. The van der Waals surface area contributed by atoms with Crippen molar-refractivity contribution < 1.29 is 4.52 Å². The van der Waals surface area contributed by atoms with Crippen molar-refractivity contribution in [2.24, 2.45) is 11.1 Å².